The van der Waals surface area contributed by atoms with Crippen molar-refractivity contribution in [2.24, 2.45) is 0 Å². The van der Waals surface area contributed by atoms with Crippen molar-refractivity contribution in [1.29, 1.82) is 0 Å². The molecule has 2 atom stereocenters. The summed E-state index contributed by atoms with van der Waals surface area (Å²) in [6, 6.07) is 8.48. The zero-order valence-corrected chi connectivity index (χ0v) is 13.7. The molecule has 1 aromatic rings. The summed E-state index contributed by atoms with van der Waals surface area (Å²) in [5, 5.41) is 3.53. The van der Waals surface area contributed by atoms with Gasteiger partial charge in [-0.25, -0.2) is 8.42 Å². The normalized spacial score (nSPS) is 19.6. The smallest absolute Gasteiger partial charge is 0.147 e. The van der Waals surface area contributed by atoms with Gasteiger partial charge in [0.25, 0.3) is 0 Å². The molecule has 0 bridgehead atoms. The molecule has 0 saturated heterocycles. The summed E-state index contributed by atoms with van der Waals surface area (Å²) < 4.78 is 28.3. The largest absolute Gasteiger partial charge is 0.493 e. The van der Waals surface area contributed by atoms with E-state index in [4.69, 9.17) is 4.74 Å². The second-order valence-corrected chi connectivity index (χ2v) is 7.98. The van der Waals surface area contributed by atoms with E-state index < -0.39 is 9.84 Å². The summed E-state index contributed by atoms with van der Waals surface area (Å²) in [7, 11) is -2.88. The molecule has 0 saturated carbocycles. The molecule has 1 heterocycles. The highest BCUT2D eigenvalue weighted by Crippen LogP contribution is 2.36. The standard InChI is InChI=1S/C16H25NO3S/c1-3-17-15(8-6-12-21(2,18)19)13-10-11-20-16-9-5-4-7-14(13)16/h4-5,7,9,13,15,17H,3,6,8,10-12H2,1-2H3. The predicted octanol–water partition coefficient (Wildman–Crippen LogP) is 2.36. The van der Waals surface area contributed by atoms with Crippen LogP contribution in [0.15, 0.2) is 24.3 Å². The second-order valence-electron chi connectivity index (χ2n) is 5.72. The average molecular weight is 311 g/mol. The molecular formula is C16H25NO3S. The molecule has 0 fully saturated rings. The van der Waals surface area contributed by atoms with Crippen LogP contribution >= 0.6 is 0 Å². The first-order chi connectivity index (χ1) is 10.0. The maximum absolute atomic E-state index is 11.3. The van der Waals surface area contributed by atoms with Crippen molar-refractivity contribution in [3.05, 3.63) is 29.8 Å². The first-order valence-electron chi connectivity index (χ1n) is 7.64. The van der Waals surface area contributed by atoms with Gasteiger partial charge >= 0.3 is 0 Å². The third-order valence-electron chi connectivity index (χ3n) is 3.99. The third-order valence-corrected chi connectivity index (χ3v) is 5.02. The Morgan fingerprint density at radius 3 is 2.86 bits per heavy atom. The molecule has 1 aromatic carbocycles. The van der Waals surface area contributed by atoms with Crippen molar-refractivity contribution in [1.82, 2.24) is 5.32 Å². The molecule has 0 aromatic heterocycles. The summed E-state index contributed by atoms with van der Waals surface area (Å²) in [6.45, 7) is 3.72. The highest BCUT2D eigenvalue weighted by Gasteiger charge is 2.28. The number of benzene rings is 1. The maximum atomic E-state index is 11.3. The van der Waals surface area contributed by atoms with Crippen LogP contribution < -0.4 is 10.1 Å². The number of rotatable bonds is 7. The van der Waals surface area contributed by atoms with E-state index >= 15 is 0 Å². The van der Waals surface area contributed by atoms with Crippen LogP contribution in [0.5, 0.6) is 5.75 Å². The Labute approximate surface area is 127 Å². The van der Waals surface area contributed by atoms with Crippen LogP contribution in [-0.2, 0) is 9.84 Å². The predicted molar refractivity (Wildman–Crippen MR) is 85.7 cm³/mol. The van der Waals surface area contributed by atoms with Crippen molar-refractivity contribution in [2.45, 2.75) is 38.1 Å². The Balaban J connectivity index is 2.08. The van der Waals surface area contributed by atoms with Gasteiger partial charge in [-0.1, -0.05) is 25.1 Å². The van der Waals surface area contributed by atoms with Gasteiger partial charge in [-0.05, 0) is 37.4 Å². The Kier molecular flexibility index (Phi) is 5.65. The number of nitrogens with one attached hydrogen (secondary N) is 1. The first-order valence-corrected chi connectivity index (χ1v) is 9.70. The van der Waals surface area contributed by atoms with E-state index in [1.54, 1.807) is 0 Å². The van der Waals surface area contributed by atoms with Gasteiger partial charge in [-0.3, -0.25) is 0 Å². The highest BCUT2D eigenvalue weighted by molar-refractivity contribution is 7.90. The number of fused-ring (bicyclic) bond motifs is 1. The van der Waals surface area contributed by atoms with Crippen LogP contribution in [0.3, 0.4) is 0 Å². The van der Waals surface area contributed by atoms with Crippen molar-refractivity contribution in [3.63, 3.8) is 0 Å². The minimum atomic E-state index is -2.88. The number of hydrogen-bond donors (Lipinski definition) is 1. The van der Waals surface area contributed by atoms with Crippen LogP contribution in [0.1, 0.15) is 37.7 Å². The molecule has 0 amide bonds. The zero-order valence-electron chi connectivity index (χ0n) is 12.8. The molecular weight excluding hydrogens is 286 g/mol. The summed E-state index contributed by atoms with van der Waals surface area (Å²) >= 11 is 0. The topological polar surface area (TPSA) is 55.4 Å². The van der Waals surface area contributed by atoms with Crippen LogP contribution in [0.2, 0.25) is 0 Å². The molecule has 1 aliphatic heterocycles. The lowest BCUT2D eigenvalue weighted by molar-refractivity contribution is 0.242. The van der Waals surface area contributed by atoms with Gasteiger partial charge < -0.3 is 10.1 Å². The zero-order chi connectivity index (χ0) is 15.3. The molecule has 1 aliphatic rings. The number of ether oxygens (including phenoxy) is 1. The fourth-order valence-corrected chi connectivity index (χ4v) is 3.75. The molecule has 5 heteroatoms. The van der Waals surface area contributed by atoms with Gasteiger partial charge in [0, 0.05) is 24.0 Å². The molecule has 21 heavy (non-hydrogen) atoms. The number of likely N-dealkylation sites (N-methyl/N-ethyl adjacent to an activating group) is 1. The van der Waals surface area contributed by atoms with Gasteiger partial charge in [-0.2, -0.15) is 0 Å². The molecule has 118 valence electrons. The van der Waals surface area contributed by atoms with Gasteiger partial charge in [0.15, 0.2) is 0 Å². The molecule has 2 rings (SSSR count). The lowest BCUT2D eigenvalue weighted by Crippen LogP contribution is -2.37. The lowest BCUT2D eigenvalue weighted by atomic mass is 9.84. The fraction of sp³-hybridized carbons (Fsp3) is 0.625. The molecule has 0 aliphatic carbocycles. The Morgan fingerprint density at radius 1 is 1.38 bits per heavy atom. The Hall–Kier alpha value is -1.07. The number of sulfone groups is 1. The van der Waals surface area contributed by atoms with E-state index in [-0.39, 0.29) is 5.75 Å². The Bertz CT molecular complexity index is 556. The van der Waals surface area contributed by atoms with E-state index in [0.29, 0.717) is 18.4 Å². The van der Waals surface area contributed by atoms with Crippen LogP contribution in [0.25, 0.3) is 0 Å². The van der Waals surface area contributed by atoms with E-state index in [1.807, 2.05) is 18.2 Å². The molecule has 2 unspecified atom stereocenters. The van der Waals surface area contributed by atoms with E-state index in [1.165, 1.54) is 11.8 Å². The van der Waals surface area contributed by atoms with Gasteiger partial charge in [0.05, 0.1) is 6.61 Å². The average Bonchev–Trinajstić information content (AvgIpc) is 2.44. The summed E-state index contributed by atoms with van der Waals surface area (Å²) in [5.74, 6) is 1.63. The van der Waals surface area contributed by atoms with Crippen molar-refractivity contribution in [3.8, 4) is 5.75 Å². The SMILES string of the molecule is CCNC(CCCS(C)(=O)=O)C1CCOc2ccccc21. The second kappa shape index (κ2) is 7.27. The number of para-hydroxylation sites is 1. The van der Waals surface area contributed by atoms with Crippen molar-refractivity contribution >= 4 is 9.84 Å². The monoisotopic (exact) mass is 311 g/mol. The van der Waals surface area contributed by atoms with E-state index in [0.717, 1.165) is 31.7 Å². The van der Waals surface area contributed by atoms with Crippen LogP contribution in [0, 0.1) is 0 Å². The summed E-state index contributed by atoms with van der Waals surface area (Å²) in [4.78, 5) is 0. The molecule has 1 N–H and O–H groups in total. The van der Waals surface area contributed by atoms with Crippen LogP contribution in [-0.4, -0.2) is 39.6 Å². The fourth-order valence-electron chi connectivity index (χ4n) is 3.06. The van der Waals surface area contributed by atoms with Gasteiger partial charge in [0.2, 0.25) is 0 Å². The Morgan fingerprint density at radius 2 is 2.14 bits per heavy atom. The van der Waals surface area contributed by atoms with Gasteiger partial charge in [-0.15, -0.1) is 0 Å². The molecule has 0 radical (unpaired) electrons. The lowest BCUT2D eigenvalue weighted by Gasteiger charge is -2.33. The summed E-state index contributed by atoms with van der Waals surface area (Å²) in [6.07, 6.45) is 3.86. The van der Waals surface area contributed by atoms with Crippen molar-refractivity contribution < 1.29 is 13.2 Å². The van der Waals surface area contributed by atoms with E-state index in [9.17, 15) is 8.42 Å². The minimum absolute atomic E-state index is 0.264. The van der Waals surface area contributed by atoms with Crippen LogP contribution in [0.4, 0.5) is 0 Å². The quantitative estimate of drug-likeness (QED) is 0.840. The number of hydrogen-bond acceptors (Lipinski definition) is 4. The molecule has 4 nitrogen and oxygen atoms in total. The van der Waals surface area contributed by atoms with E-state index in [2.05, 4.69) is 18.3 Å². The highest BCUT2D eigenvalue weighted by atomic mass is 32.2. The summed E-state index contributed by atoms with van der Waals surface area (Å²) in [5.41, 5.74) is 1.24. The minimum Gasteiger partial charge on any atom is -0.493 e. The molecule has 0 spiro atoms. The van der Waals surface area contributed by atoms with Gasteiger partial charge in [0.1, 0.15) is 15.6 Å². The maximum Gasteiger partial charge on any atom is 0.147 e. The third kappa shape index (κ3) is 4.71. The van der Waals surface area contributed by atoms with Crippen molar-refractivity contribution in [2.75, 3.05) is 25.2 Å². The first kappa shape index (κ1) is 16.3.